The highest BCUT2D eigenvalue weighted by molar-refractivity contribution is 7.98. The Balaban J connectivity index is 1.89. The van der Waals surface area contributed by atoms with Crippen LogP contribution in [0.2, 0.25) is 16.6 Å². The fraction of sp³-hybridized carbons (Fsp3) is 0.457. The van der Waals surface area contributed by atoms with Gasteiger partial charge in [-0.15, -0.1) is 5.54 Å². The third-order valence-corrected chi connectivity index (χ3v) is 16.2. The molecule has 2 aromatic heterocycles. The van der Waals surface area contributed by atoms with Crippen LogP contribution in [0.15, 0.2) is 35.6 Å². The highest BCUT2D eigenvalue weighted by Crippen LogP contribution is 2.43. The summed E-state index contributed by atoms with van der Waals surface area (Å²) in [4.78, 5) is 16.1. The van der Waals surface area contributed by atoms with Gasteiger partial charge in [0.15, 0.2) is 17.8 Å². The maximum Gasteiger partial charge on any atom is 0.188 e. The molecule has 0 bridgehead atoms. The van der Waals surface area contributed by atoms with E-state index in [1.807, 2.05) is 12.3 Å². The number of thioether (sulfide) groups is 1. The molecule has 0 spiro atoms. The summed E-state index contributed by atoms with van der Waals surface area (Å²) in [7, 11) is -0.682. The normalized spacial score (nSPS) is 15.2. The van der Waals surface area contributed by atoms with Gasteiger partial charge in [0, 0.05) is 36.8 Å². The van der Waals surface area contributed by atoms with E-state index in [9.17, 15) is 0 Å². The average molecular weight is 649 g/mol. The molecule has 0 aliphatic carbocycles. The minimum atomic E-state index is -2.22. The second kappa shape index (κ2) is 13.2. The molecular weight excluding hydrogens is 607 g/mol. The smallest absolute Gasteiger partial charge is 0.188 e. The zero-order valence-electron chi connectivity index (χ0n) is 27.6. The molecule has 3 heterocycles. The van der Waals surface area contributed by atoms with Crippen LogP contribution in [-0.2, 0) is 4.74 Å². The minimum Gasteiger partial charge on any atom is -0.468 e. The lowest BCUT2D eigenvalue weighted by Crippen LogP contribution is -2.46. The van der Waals surface area contributed by atoms with E-state index in [4.69, 9.17) is 14.5 Å². The fourth-order valence-corrected chi connectivity index (χ4v) is 12.4. The van der Waals surface area contributed by atoms with Gasteiger partial charge in [-0.05, 0) is 59.8 Å². The van der Waals surface area contributed by atoms with Crippen LogP contribution in [0.5, 0.6) is 5.75 Å². The van der Waals surface area contributed by atoms with Crippen molar-refractivity contribution in [3.63, 3.8) is 0 Å². The maximum atomic E-state index is 16.8. The molecule has 238 valence electrons. The summed E-state index contributed by atoms with van der Waals surface area (Å²) in [6.07, 6.45) is 4.50. The first-order valence-corrected chi connectivity index (χ1v) is 19.0. The van der Waals surface area contributed by atoms with Gasteiger partial charge < -0.3 is 14.4 Å². The molecule has 1 aliphatic heterocycles. The van der Waals surface area contributed by atoms with E-state index in [0.717, 1.165) is 13.0 Å². The summed E-state index contributed by atoms with van der Waals surface area (Å²) in [5, 5.41) is 2.17. The summed E-state index contributed by atoms with van der Waals surface area (Å²) in [6.45, 7) is 16.2. The standard InChI is InChI=1S/C35H42F2N4O2SSi/c1-20(2)45(21(3)4,22(5)6)15-13-26-29(36)11-10-24-16-25(43-19-42-8)17-27(30(24)26)32-31(37)33-28(18-38-35(40-33)44-9)34(39-32)41-14-12-23(41)7/h10-11,16-18,20-23H,12,14,19H2,1-9H3/t23-/m0/s1. The molecule has 0 unspecified atom stereocenters. The number of nitrogens with zero attached hydrogens (tertiary/aromatic N) is 4. The molecule has 4 aromatic rings. The lowest BCUT2D eigenvalue weighted by atomic mass is 9.95. The van der Waals surface area contributed by atoms with Crippen molar-refractivity contribution in [2.75, 3.05) is 31.6 Å². The van der Waals surface area contributed by atoms with Crippen LogP contribution in [-0.4, -0.2) is 55.8 Å². The minimum absolute atomic E-state index is 0.00142. The average Bonchev–Trinajstić information content (AvgIpc) is 3.00. The number of anilines is 1. The molecule has 0 radical (unpaired) electrons. The third kappa shape index (κ3) is 5.91. The molecule has 5 rings (SSSR count). The molecule has 1 aliphatic rings. The number of rotatable bonds is 9. The summed E-state index contributed by atoms with van der Waals surface area (Å²) in [5.41, 5.74) is 5.65. The van der Waals surface area contributed by atoms with Gasteiger partial charge in [0.2, 0.25) is 0 Å². The van der Waals surface area contributed by atoms with Crippen LogP contribution in [0.1, 0.15) is 60.5 Å². The topological polar surface area (TPSA) is 60.4 Å². The predicted molar refractivity (Wildman–Crippen MR) is 184 cm³/mol. The van der Waals surface area contributed by atoms with Gasteiger partial charge in [0.25, 0.3) is 0 Å². The van der Waals surface area contributed by atoms with E-state index in [2.05, 4.69) is 74.8 Å². The largest absolute Gasteiger partial charge is 0.468 e. The molecule has 10 heteroatoms. The summed E-state index contributed by atoms with van der Waals surface area (Å²) in [5.74, 6) is 3.35. The Morgan fingerprint density at radius 1 is 1.07 bits per heavy atom. The number of benzene rings is 2. The fourth-order valence-electron chi connectivity index (χ4n) is 6.89. The quantitative estimate of drug-likeness (QED) is 0.0590. The number of pyridine rings is 1. The van der Waals surface area contributed by atoms with Gasteiger partial charge in [0.1, 0.15) is 36.7 Å². The predicted octanol–water partition coefficient (Wildman–Crippen LogP) is 9.00. The van der Waals surface area contributed by atoms with Crippen molar-refractivity contribution >= 4 is 47.3 Å². The molecule has 0 N–H and O–H groups in total. The first-order valence-electron chi connectivity index (χ1n) is 15.5. The number of hydrogen-bond donors (Lipinski definition) is 0. The molecule has 45 heavy (non-hydrogen) atoms. The Hall–Kier alpha value is -3.26. The van der Waals surface area contributed by atoms with Crippen molar-refractivity contribution in [1.82, 2.24) is 15.0 Å². The Bertz CT molecular complexity index is 1780. The zero-order chi connectivity index (χ0) is 32.6. The van der Waals surface area contributed by atoms with Gasteiger partial charge in [0.05, 0.1) is 10.9 Å². The van der Waals surface area contributed by atoms with E-state index < -0.39 is 19.7 Å². The van der Waals surface area contributed by atoms with Crippen molar-refractivity contribution in [3.05, 3.63) is 47.7 Å². The maximum absolute atomic E-state index is 16.8. The molecule has 0 saturated carbocycles. The molecular formula is C35H42F2N4O2SSi. The number of ether oxygens (including phenoxy) is 2. The van der Waals surface area contributed by atoms with Gasteiger partial charge in [-0.3, -0.25) is 0 Å². The van der Waals surface area contributed by atoms with Crippen LogP contribution in [0, 0.1) is 23.1 Å². The van der Waals surface area contributed by atoms with Crippen molar-refractivity contribution in [2.45, 2.75) is 82.7 Å². The van der Waals surface area contributed by atoms with E-state index in [1.165, 1.54) is 24.9 Å². The molecule has 1 fully saturated rings. The van der Waals surface area contributed by atoms with Crippen LogP contribution in [0.25, 0.3) is 32.9 Å². The lowest BCUT2D eigenvalue weighted by Gasteiger charge is -2.40. The second-order valence-electron chi connectivity index (χ2n) is 12.7. The van der Waals surface area contributed by atoms with Crippen molar-refractivity contribution in [1.29, 1.82) is 0 Å². The van der Waals surface area contributed by atoms with Gasteiger partial charge in [-0.25, -0.2) is 23.7 Å². The Labute approximate surface area is 270 Å². The number of methoxy groups -OCH3 is 1. The SMILES string of the molecule is COCOc1cc(-c2nc(N3CC[C@@H]3C)c3cnc(SC)nc3c2F)c2c(C#C[Si](C(C)C)(C(C)C)C(C)C)c(F)ccc2c1. The summed E-state index contributed by atoms with van der Waals surface area (Å²) >= 11 is 1.34. The van der Waals surface area contributed by atoms with Gasteiger partial charge in [-0.2, -0.15) is 0 Å². The Morgan fingerprint density at radius 2 is 1.78 bits per heavy atom. The third-order valence-electron chi connectivity index (χ3n) is 9.32. The molecule has 6 nitrogen and oxygen atoms in total. The Kier molecular flexibility index (Phi) is 9.73. The monoisotopic (exact) mass is 648 g/mol. The first-order chi connectivity index (χ1) is 21.4. The molecule has 1 saturated heterocycles. The molecule has 0 amide bonds. The van der Waals surface area contributed by atoms with Crippen LogP contribution in [0.3, 0.4) is 0 Å². The molecule has 1 atom stereocenters. The Morgan fingerprint density at radius 3 is 2.36 bits per heavy atom. The van der Waals surface area contributed by atoms with Crippen molar-refractivity contribution in [3.8, 4) is 28.5 Å². The van der Waals surface area contributed by atoms with Crippen molar-refractivity contribution < 1.29 is 18.3 Å². The zero-order valence-corrected chi connectivity index (χ0v) is 29.4. The second-order valence-corrected chi connectivity index (χ2v) is 19.1. The highest BCUT2D eigenvalue weighted by Gasteiger charge is 2.42. The number of aromatic nitrogens is 3. The van der Waals surface area contributed by atoms with Gasteiger partial charge >= 0.3 is 0 Å². The van der Waals surface area contributed by atoms with Crippen molar-refractivity contribution in [2.24, 2.45) is 0 Å². The summed E-state index contributed by atoms with van der Waals surface area (Å²) < 4.78 is 43.8. The lowest BCUT2D eigenvalue weighted by molar-refractivity contribution is 0.0512. The van der Waals surface area contributed by atoms with E-state index in [0.29, 0.717) is 55.1 Å². The van der Waals surface area contributed by atoms with Crippen LogP contribution < -0.4 is 9.64 Å². The van der Waals surface area contributed by atoms with E-state index >= 15 is 8.78 Å². The van der Waals surface area contributed by atoms with Crippen LogP contribution in [0.4, 0.5) is 14.6 Å². The highest BCUT2D eigenvalue weighted by atomic mass is 32.2. The van der Waals surface area contributed by atoms with E-state index in [1.54, 1.807) is 18.3 Å². The number of halogens is 2. The first kappa shape index (κ1) is 33.1. The van der Waals surface area contributed by atoms with Crippen LogP contribution >= 0.6 is 11.8 Å². The number of fused-ring (bicyclic) bond motifs is 2. The van der Waals surface area contributed by atoms with E-state index in [-0.39, 0.29) is 29.6 Å². The number of hydrogen-bond acceptors (Lipinski definition) is 7. The summed E-state index contributed by atoms with van der Waals surface area (Å²) in [6, 6.07) is 6.86. The van der Waals surface area contributed by atoms with Gasteiger partial charge in [-0.1, -0.05) is 65.3 Å². The molecule has 2 aromatic carbocycles.